The third kappa shape index (κ3) is 6.05. The number of halogens is 3. The number of benzene rings is 2. The molecule has 44 heavy (non-hydrogen) atoms. The van der Waals surface area contributed by atoms with E-state index in [1.165, 1.54) is 29.7 Å². The summed E-state index contributed by atoms with van der Waals surface area (Å²) >= 11 is 6.67. The van der Waals surface area contributed by atoms with Gasteiger partial charge in [0.2, 0.25) is 5.91 Å². The summed E-state index contributed by atoms with van der Waals surface area (Å²) in [7, 11) is 2.16. The lowest BCUT2D eigenvalue weighted by molar-refractivity contribution is -0.128. The standard InChI is InChI=1S/C25H23ClF2N4O3.C7H15NO/c1-4-20(33)31-11-14(3)32(12-13(31)2)24-17-10-18(26)21(16-6-5-15(27)9-19(16)28)23-22(17)30(7-8-35-23)25(34)29-24;1-3-4-8(2)7-5-9-6-7/h4-6,9-10,13-14H,1,7-8,11-12H2,2-3H3;7H,3-6H2,1-2H3/t13-,14?;/m1./s1. The molecule has 2 aromatic carbocycles. The van der Waals surface area contributed by atoms with E-state index in [2.05, 4.69) is 30.4 Å². The van der Waals surface area contributed by atoms with Gasteiger partial charge in [-0.2, -0.15) is 4.98 Å². The average Bonchev–Trinajstić information content (AvgIpc) is 2.95. The maximum atomic E-state index is 14.7. The van der Waals surface area contributed by atoms with E-state index in [1.807, 2.05) is 18.7 Å². The zero-order chi connectivity index (χ0) is 31.7. The fourth-order valence-electron chi connectivity index (χ4n) is 5.97. The number of hydrogen-bond donors (Lipinski definition) is 0. The number of piperazine rings is 1. The number of nitrogens with zero attached hydrogens (tertiary/aromatic N) is 5. The molecule has 0 aliphatic carbocycles. The first kappa shape index (κ1) is 31.9. The number of aromatic nitrogens is 2. The summed E-state index contributed by atoms with van der Waals surface area (Å²) in [5.41, 5.74) is 0.323. The van der Waals surface area contributed by atoms with Crippen molar-refractivity contribution in [1.82, 2.24) is 19.4 Å². The number of rotatable bonds is 6. The lowest BCUT2D eigenvalue weighted by atomic mass is 9.99. The van der Waals surface area contributed by atoms with Crippen LogP contribution in [0.1, 0.15) is 27.2 Å². The molecular weight excluding hydrogens is 592 g/mol. The van der Waals surface area contributed by atoms with Crippen LogP contribution in [0.2, 0.25) is 5.02 Å². The van der Waals surface area contributed by atoms with Gasteiger partial charge in [-0.3, -0.25) is 14.3 Å². The Morgan fingerprint density at radius 3 is 2.59 bits per heavy atom. The molecule has 12 heteroatoms. The van der Waals surface area contributed by atoms with Crippen molar-refractivity contribution in [3.05, 3.63) is 64.1 Å². The second kappa shape index (κ2) is 13.2. The Kier molecular flexibility index (Phi) is 9.57. The molecule has 1 aromatic heterocycles. The molecule has 0 N–H and O–H groups in total. The van der Waals surface area contributed by atoms with Crippen LogP contribution in [0.4, 0.5) is 14.6 Å². The highest BCUT2D eigenvalue weighted by atomic mass is 35.5. The molecule has 3 aromatic rings. The zero-order valence-corrected chi connectivity index (χ0v) is 26.2. The third-order valence-electron chi connectivity index (χ3n) is 8.45. The van der Waals surface area contributed by atoms with Crippen molar-refractivity contribution in [1.29, 1.82) is 0 Å². The highest BCUT2D eigenvalue weighted by Crippen LogP contribution is 2.46. The Hall–Kier alpha value is -3.54. The molecule has 3 aliphatic heterocycles. The molecule has 1 unspecified atom stereocenters. The fourth-order valence-corrected chi connectivity index (χ4v) is 6.27. The first-order chi connectivity index (χ1) is 21.0. The lowest BCUT2D eigenvalue weighted by Crippen LogP contribution is -2.58. The number of amides is 1. The van der Waals surface area contributed by atoms with E-state index in [9.17, 15) is 18.4 Å². The molecule has 0 spiro atoms. The van der Waals surface area contributed by atoms with Gasteiger partial charge in [-0.25, -0.2) is 13.6 Å². The van der Waals surface area contributed by atoms with Crippen LogP contribution in [0.5, 0.6) is 5.75 Å². The van der Waals surface area contributed by atoms with Crippen LogP contribution in [0.15, 0.2) is 41.7 Å². The summed E-state index contributed by atoms with van der Waals surface area (Å²) in [6.07, 6.45) is 2.53. The Morgan fingerprint density at radius 2 is 1.95 bits per heavy atom. The highest BCUT2D eigenvalue weighted by molar-refractivity contribution is 6.35. The van der Waals surface area contributed by atoms with Gasteiger partial charge >= 0.3 is 5.69 Å². The molecule has 2 atom stereocenters. The number of hydrogen-bond acceptors (Lipinski definition) is 7. The minimum Gasteiger partial charge on any atom is -0.489 e. The number of likely N-dealkylation sites (N-methyl/N-ethyl adjacent to an activating group) is 1. The van der Waals surface area contributed by atoms with Crippen LogP contribution in [0.25, 0.3) is 22.0 Å². The molecular formula is C32H38ClF2N5O4. The summed E-state index contributed by atoms with van der Waals surface area (Å²) in [5, 5.41) is 0.771. The molecule has 2 fully saturated rings. The van der Waals surface area contributed by atoms with Crippen molar-refractivity contribution in [3.8, 4) is 16.9 Å². The molecule has 4 heterocycles. The summed E-state index contributed by atoms with van der Waals surface area (Å²) in [6.45, 7) is 14.0. The number of carbonyl (C=O) groups is 1. The van der Waals surface area contributed by atoms with Gasteiger partial charge in [0, 0.05) is 47.8 Å². The van der Waals surface area contributed by atoms with E-state index in [0.717, 1.165) is 25.3 Å². The van der Waals surface area contributed by atoms with Crippen molar-refractivity contribution >= 4 is 34.2 Å². The molecule has 0 bridgehead atoms. The number of carbonyl (C=O) groups excluding carboxylic acids is 1. The van der Waals surface area contributed by atoms with Crippen molar-refractivity contribution < 1.29 is 23.0 Å². The first-order valence-electron chi connectivity index (χ1n) is 14.9. The predicted molar refractivity (Wildman–Crippen MR) is 168 cm³/mol. The van der Waals surface area contributed by atoms with Gasteiger partial charge in [0.05, 0.1) is 36.3 Å². The van der Waals surface area contributed by atoms with Crippen molar-refractivity contribution in [2.45, 2.75) is 51.9 Å². The fraction of sp³-hybridized carbons (Fsp3) is 0.469. The minimum absolute atomic E-state index is 0.0751. The Labute approximate surface area is 260 Å². The molecule has 6 rings (SSSR count). The van der Waals surface area contributed by atoms with Gasteiger partial charge in [0.1, 0.15) is 24.1 Å². The Balaban J connectivity index is 0.000000367. The van der Waals surface area contributed by atoms with Gasteiger partial charge in [-0.1, -0.05) is 25.1 Å². The molecule has 3 aliphatic rings. The quantitative estimate of drug-likeness (QED) is 0.365. The van der Waals surface area contributed by atoms with Crippen LogP contribution in [0, 0.1) is 11.6 Å². The van der Waals surface area contributed by atoms with Crippen LogP contribution < -0.4 is 15.3 Å². The molecule has 0 saturated carbocycles. The van der Waals surface area contributed by atoms with Crippen LogP contribution in [0.3, 0.4) is 0 Å². The monoisotopic (exact) mass is 629 g/mol. The van der Waals surface area contributed by atoms with Gasteiger partial charge in [0.15, 0.2) is 5.75 Å². The number of anilines is 1. The number of ether oxygens (including phenoxy) is 2. The lowest BCUT2D eigenvalue weighted by Gasteiger charge is -2.44. The summed E-state index contributed by atoms with van der Waals surface area (Å²) < 4.78 is 40.8. The Bertz CT molecular complexity index is 1630. The second-order valence-electron chi connectivity index (χ2n) is 11.5. The largest absolute Gasteiger partial charge is 0.489 e. The maximum absolute atomic E-state index is 14.7. The normalized spacial score (nSPS) is 19.7. The van der Waals surface area contributed by atoms with E-state index in [4.69, 9.17) is 21.1 Å². The van der Waals surface area contributed by atoms with Gasteiger partial charge in [0.25, 0.3) is 0 Å². The van der Waals surface area contributed by atoms with E-state index >= 15 is 0 Å². The second-order valence-corrected chi connectivity index (χ2v) is 11.9. The summed E-state index contributed by atoms with van der Waals surface area (Å²) in [5.74, 6) is -0.975. The first-order valence-corrected chi connectivity index (χ1v) is 15.3. The van der Waals surface area contributed by atoms with E-state index in [0.29, 0.717) is 35.9 Å². The predicted octanol–water partition coefficient (Wildman–Crippen LogP) is 4.73. The van der Waals surface area contributed by atoms with E-state index in [1.54, 1.807) is 11.0 Å². The Morgan fingerprint density at radius 1 is 1.20 bits per heavy atom. The van der Waals surface area contributed by atoms with Crippen LogP contribution in [-0.2, 0) is 16.1 Å². The average molecular weight is 630 g/mol. The molecule has 1 amide bonds. The van der Waals surface area contributed by atoms with E-state index in [-0.39, 0.29) is 53.0 Å². The van der Waals surface area contributed by atoms with E-state index < -0.39 is 17.3 Å². The van der Waals surface area contributed by atoms with Crippen molar-refractivity contribution in [3.63, 3.8) is 0 Å². The van der Waals surface area contributed by atoms with Crippen molar-refractivity contribution in [2.75, 3.05) is 51.4 Å². The molecule has 236 valence electrons. The van der Waals surface area contributed by atoms with Crippen LogP contribution in [-0.4, -0.2) is 89.9 Å². The maximum Gasteiger partial charge on any atom is 0.350 e. The molecule has 9 nitrogen and oxygen atoms in total. The smallest absolute Gasteiger partial charge is 0.350 e. The summed E-state index contributed by atoms with van der Waals surface area (Å²) in [6, 6.07) is 5.28. The van der Waals surface area contributed by atoms with Gasteiger partial charge in [-0.15, -0.1) is 0 Å². The highest BCUT2D eigenvalue weighted by Gasteiger charge is 2.35. The van der Waals surface area contributed by atoms with Crippen molar-refractivity contribution in [2.24, 2.45) is 0 Å². The molecule has 2 saturated heterocycles. The van der Waals surface area contributed by atoms with Gasteiger partial charge in [-0.05, 0) is 58.1 Å². The minimum atomic E-state index is -0.787. The van der Waals surface area contributed by atoms with Crippen LogP contribution >= 0.6 is 11.6 Å². The zero-order valence-electron chi connectivity index (χ0n) is 25.5. The summed E-state index contributed by atoms with van der Waals surface area (Å²) in [4.78, 5) is 35.8. The SMILES string of the molecule is C=CC(=O)N1CC(C)N(c2nc(=O)n3c4c(c(-c5ccc(F)cc5F)c(Cl)cc24)OCC3)C[C@H]1C.CCCN(C)C1COC1. The topological polar surface area (TPSA) is 80.1 Å². The third-order valence-corrected chi connectivity index (χ3v) is 8.75. The van der Waals surface area contributed by atoms with Gasteiger partial charge < -0.3 is 19.3 Å². The molecule has 0 radical (unpaired) electrons.